The maximum atomic E-state index is 4.91. The Morgan fingerprint density at radius 3 is 2.63 bits per heavy atom. The van der Waals surface area contributed by atoms with Crippen LogP contribution in [0.4, 0.5) is 17.6 Å². The molecule has 2 unspecified atom stereocenters. The van der Waals surface area contributed by atoms with E-state index in [-0.39, 0.29) is 0 Å². The van der Waals surface area contributed by atoms with Crippen molar-refractivity contribution in [1.82, 2.24) is 25.5 Å². The highest BCUT2D eigenvalue weighted by Crippen LogP contribution is 2.40. The quantitative estimate of drug-likeness (QED) is 0.663. The lowest BCUT2D eigenvalue weighted by Crippen LogP contribution is -2.51. The summed E-state index contributed by atoms with van der Waals surface area (Å²) in [4.78, 5) is 12.1. The SMILES string of the molecule is c1ccc2c(Nc3cc(C4CC4)[nH]n3)nc(N3CC4CCC(C3)N4)nc2c1. The van der Waals surface area contributed by atoms with Crippen molar-refractivity contribution in [3.63, 3.8) is 0 Å². The van der Waals surface area contributed by atoms with Crippen molar-refractivity contribution in [3.8, 4) is 0 Å². The lowest BCUT2D eigenvalue weighted by atomic mass is 10.2. The normalized spacial score (nSPS) is 24.5. The minimum absolute atomic E-state index is 0.558. The van der Waals surface area contributed by atoms with Gasteiger partial charge in [-0.05, 0) is 37.8 Å². The van der Waals surface area contributed by atoms with E-state index in [1.54, 1.807) is 0 Å². The predicted molar refractivity (Wildman–Crippen MR) is 106 cm³/mol. The first-order chi connectivity index (χ1) is 13.3. The molecule has 3 fully saturated rings. The topological polar surface area (TPSA) is 81.8 Å². The van der Waals surface area contributed by atoms with Crippen LogP contribution in [0.1, 0.15) is 37.3 Å². The molecular weight excluding hydrogens is 338 g/mol. The summed E-state index contributed by atoms with van der Waals surface area (Å²) in [6.07, 6.45) is 5.01. The van der Waals surface area contributed by atoms with Crippen LogP contribution in [0.3, 0.4) is 0 Å². The molecule has 0 spiro atoms. The number of aromatic nitrogens is 4. The zero-order valence-electron chi connectivity index (χ0n) is 15.2. The van der Waals surface area contributed by atoms with E-state index in [0.717, 1.165) is 41.6 Å². The molecule has 1 saturated carbocycles. The van der Waals surface area contributed by atoms with Gasteiger partial charge in [0.2, 0.25) is 5.95 Å². The number of hydrogen-bond donors (Lipinski definition) is 3. The number of aromatic amines is 1. The molecule has 0 amide bonds. The van der Waals surface area contributed by atoms with Crippen molar-refractivity contribution in [2.75, 3.05) is 23.3 Å². The van der Waals surface area contributed by atoms with Crippen LogP contribution >= 0.6 is 0 Å². The van der Waals surface area contributed by atoms with Crippen molar-refractivity contribution in [3.05, 3.63) is 36.0 Å². The summed E-state index contributed by atoms with van der Waals surface area (Å²) >= 11 is 0. The summed E-state index contributed by atoms with van der Waals surface area (Å²) in [6.45, 7) is 1.95. The number of fused-ring (bicyclic) bond motifs is 3. The number of nitrogens with one attached hydrogen (secondary N) is 3. The van der Waals surface area contributed by atoms with Crippen LogP contribution < -0.4 is 15.5 Å². The number of H-pyrrole nitrogens is 1. The minimum Gasteiger partial charge on any atom is -0.338 e. The van der Waals surface area contributed by atoms with E-state index in [1.807, 2.05) is 12.1 Å². The van der Waals surface area contributed by atoms with Gasteiger partial charge >= 0.3 is 0 Å². The fraction of sp³-hybridized carbons (Fsp3) is 0.450. The number of hydrogen-bond acceptors (Lipinski definition) is 6. The average molecular weight is 361 g/mol. The Morgan fingerprint density at radius 2 is 1.81 bits per heavy atom. The van der Waals surface area contributed by atoms with Gasteiger partial charge in [-0.2, -0.15) is 10.1 Å². The Bertz CT molecular complexity index is 981. The summed E-state index contributed by atoms with van der Waals surface area (Å²) in [5, 5.41) is 15.7. The molecule has 2 bridgehead atoms. The highest BCUT2D eigenvalue weighted by atomic mass is 15.3. The van der Waals surface area contributed by atoms with Gasteiger partial charge in [0.05, 0.1) is 5.52 Å². The van der Waals surface area contributed by atoms with Gasteiger partial charge < -0.3 is 15.5 Å². The van der Waals surface area contributed by atoms with Gasteiger partial charge in [-0.15, -0.1) is 0 Å². The molecule has 138 valence electrons. The maximum absolute atomic E-state index is 4.91. The monoisotopic (exact) mass is 361 g/mol. The molecular formula is C20H23N7. The maximum Gasteiger partial charge on any atom is 0.228 e. The van der Waals surface area contributed by atoms with Crippen molar-refractivity contribution in [2.24, 2.45) is 0 Å². The first-order valence-corrected chi connectivity index (χ1v) is 9.92. The van der Waals surface area contributed by atoms with E-state index in [9.17, 15) is 0 Å². The zero-order valence-corrected chi connectivity index (χ0v) is 15.2. The Morgan fingerprint density at radius 1 is 1.00 bits per heavy atom. The Kier molecular flexibility index (Phi) is 3.38. The van der Waals surface area contributed by atoms with Crippen molar-refractivity contribution < 1.29 is 0 Å². The van der Waals surface area contributed by atoms with Crippen molar-refractivity contribution in [2.45, 2.75) is 43.7 Å². The number of rotatable bonds is 4. The third kappa shape index (κ3) is 2.82. The van der Waals surface area contributed by atoms with Crippen molar-refractivity contribution >= 4 is 28.5 Å². The first-order valence-electron chi connectivity index (χ1n) is 9.92. The van der Waals surface area contributed by atoms with Gasteiger partial charge in [-0.3, -0.25) is 5.10 Å². The van der Waals surface area contributed by atoms with Crippen LogP contribution in [0.25, 0.3) is 10.9 Å². The van der Waals surface area contributed by atoms with Crippen LogP contribution in [0.2, 0.25) is 0 Å². The van der Waals surface area contributed by atoms with E-state index in [4.69, 9.17) is 9.97 Å². The zero-order chi connectivity index (χ0) is 17.8. The summed E-state index contributed by atoms with van der Waals surface area (Å²) in [5.41, 5.74) is 2.18. The number of anilines is 3. The molecule has 2 aliphatic heterocycles. The van der Waals surface area contributed by atoms with Crippen LogP contribution in [0, 0.1) is 0 Å². The summed E-state index contributed by atoms with van der Waals surface area (Å²) in [5.74, 6) is 3.12. The second-order valence-corrected chi connectivity index (χ2v) is 8.04. The van der Waals surface area contributed by atoms with E-state index in [2.05, 4.69) is 43.9 Å². The number of nitrogens with zero attached hydrogens (tertiary/aromatic N) is 4. The molecule has 2 atom stereocenters. The van der Waals surface area contributed by atoms with E-state index in [1.165, 1.54) is 31.4 Å². The van der Waals surface area contributed by atoms with Gasteiger partial charge in [0, 0.05) is 48.2 Å². The fourth-order valence-corrected chi connectivity index (χ4v) is 4.39. The molecule has 1 aromatic carbocycles. The molecule has 2 aromatic heterocycles. The second-order valence-electron chi connectivity index (χ2n) is 8.04. The molecule has 1 aliphatic carbocycles. The fourth-order valence-electron chi connectivity index (χ4n) is 4.39. The molecule has 27 heavy (non-hydrogen) atoms. The number of piperazine rings is 1. The third-order valence-corrected chi connectivity index (χ3v) is 5.95. The van der Waals surface area contributed by atoms with Gasteiger partial charge in [0.25, 0.3) is 0 Å². The highest BCUT2D eigenvalue weighted by Gasteiger charge is 2.33. The summed E-state index contributed by atoms with van der Waals surface area (Å²) in [6, 6.07) is 11.4. The molecule has 4 heterocycles. The molecule has 3 N–H and O–H groups in total. The third-order valence-electron chi connectivity index (χ3n) is 5.95. The largest absolute Gasteiger partial charge is 0.338 e. The molecule has 3 aliphatic rings. The van der Waals surface area contributed by atoms with Crippen LogP contribution in [0.5, 0.6) is 0 Å². The Labute approximate surface area is 157 Å². The van der Waals surface area contributed by atoms with E-state index >= 15 is 0 Å². The van der Waals surface area contributed by atoms with Gasteiger partial charge in [-0.1, -0.05) is 12.1 Å². The predicted octanol–water partition coefficient (Wildman–Crippen LogP) is 2.91. The first kappa shape index (κ1) is 15.4. The molecule has 7 nitrogen and oxygen atoms in total. The average Bonchev–Trinajstić information content (AvgIpc) is 3.36. The molecule has 3 aromatic rings. The van der Waals surface area contributed by atoms with Gasteiger partial charge in [0.15, 0.2) is 5.82 Å². The Hall–Kier alpha value is -2.67. The lowest BCUT2D eigenvalue weighted by Gasteiger charge is -2.33. The van der Waals surface area contributed by atoms with Gasteiger partial charge in [-0.25, -0.2) is 4.98 Å². The van der Waals surface area contributed by atoms with Crippen LogP contribution in [-0.2, 0) is 0 Å². The summed E-state index contributed by atoms with van der Waals surface area (Å²) in [7, 11) is 0. The minimum atomic E-state index is 0.558. The lowest BCUT2D eigenvalue weighted by molar-refractivity contribution is 0.461. The Balaban J connectivity index is 1.37. The molecule has 6 rings (SSSR count). The number of benzene rings is 1. The van der Waals surface area contributed by atoms with Crippen LogP contribution in [-0.4, -0.2) is 45.3 Å². The smallest absolute Gasteiger partial charge is 0.228 e. The number of para-hydroxylation sites is 1. The molecule has 7 heteroatoms. The summed E-state index contributed by atoms with van der Waals surface area (Å²) < 4.78 is 0. The van der Waals surface area contributed by atoms with E-state index in [0.29, 0.717) is 18.0 Å². The second kappa shape index (κ2) is 5.92. The van der Waals surface area contributed by atoms with Crippen molar-refractivity contribution in [1.29, 1.82) is 0 Å². The van der Waals surface area contributed by atoms with Crippen LogP contribution in [0.15, 0.2) is 30.3 Å². The molecule has 0 radical (unpaired) electrons. The van der Waals surface area contributed by atoms with Gasteiger partial charge in [0.1, 0.15) is 5.82 Å². The standard InChI is InChI=1S/C20H23N7/c1-2-4-16-15(3-1)19(23-18-9-17(25-26-18)12-5-6-12)24-20(22-16)27-10-13-7-8-14(11-27)21-13/h1-4,9,12-14,21H,5-8,10-11H2,(H2,22,23,24,25,26). The molecule has 2 saturated heterocycles. The highest BCUT2D eigenvalue weighted by molar-refractivity contribution is 5.91. The van der Waals surface area contributed by atoms with E-state index < -0.39 is 0 Å².